The summed E-state index contributed by atoms with van der Waals surface area (Å²) < 4.78 is 38.3. The highest BCUT2D eigenvalue weighted by Gasteiger charge is 2.38. The van der Waals surface area contributed by atoms with Crippen molar-refractivity contribution in [1.29, 1.82) is 0 Å². The average Bonchev–Trinajstić information content (AvgIpc) is 3.42. The van der Waals surface area contributed by atoms with Crippen molar-refractivity contribution in [3.63, 3.8) is 0 Å². The molecule has 2 N–H and O–H groups in total. The lowest BCUT2D eigenvalue weighted by atomic mass is 10.1. The molecule has 0 radical (unpaired) electrons. The van der Waals surface area contributed by atoms with Crippen molar-refractivity contribution in [3.05, 3.63) is 35.4 Å². The van der Waals surface area contributed by atoms with E-state index in [2.05, 4.69) is 39.3 Å². The van der Waals surface area contributed by atoms with Crippen LogP contribution < -0.4 is 10.6 Å². The molecule has 0 amide bonds. The number of aliphatic imine (C=N–C) groups is 1. The van der Waals surface area contributed by atoms with Crippen LogP contribution in [0.2, 0.25) is 0 Å². The number of alkyl halides is 3. The van der Waals surface area contributed by atoms with Gasteiger partial charge in [-0.1, -0.05) is 17.9 Å². The van der Waals surface area contributed by atoms with Gasteiger partial charge in [0.2, 0.25) is 0 Å². The molecular weight excluding hydrogens is 365 g/mol. The maximum Gasteiger partial charge on any atom is 0.416 e. The smallest absolute Gasteiger partial charge is 0.357 e. The SMILES string of the molecule is CCNC(=NCC#Cc1cccc(C(F)(F)F)c1)NC1CC(C)N(C2CC2)C1. The van der Waals surface area contributed by atoms with E-state index in [1.807, 2.05) is 6.92 Å². The molecular formula is C21H27F3N4. The summed E-state index contributed by atoms with van der Waals surface area (Å²) in [5.74, 6) is 6.31. The van der Waals surface area contributed by atoms with Gasteiger partial charge in [0.1, 0.15) is 6.54 Å². The minimum Gasteiger partial charge on any atom is -0.357 e. The molecule has 0 bridgehead atoms. The molecule has 3 rings (SSSR count). The Morgan fingerprint density at radius 3 is 2.79 bits per heavy atom. The molecule has 1 heterocycles. The van der Waals surface area contributed by atoms with E-state index in [4.69, 9.17) is 0 Å². The summed E-state index contributed by atoms with van der Waals surface area (Å²) in [7, 11) is 0. The van der Waals surface area contributed by atoms with E-state index in [1.54, 1.807) is 6.07 Å². The Bertz CT molecular complexity index is 759. The number of hydrogen-bond donors (Lipinski definition) is 2. The van der Waals surface area contributed by atoms with E-state index in [0.717, 1.165) is 37.7 Å². The van der Waals surface area contributed by atoms with Crippen molar-refractivity contribution >= 4 is 5.96 Å². The van der Waals surface area contributed by atoms with Gasteiger partial charge in [0.15, 0.2) is 5.96 Å². The Morgan fingerprint density at radius 2 is 2.11 bits per heavy atom. The summed E-state index contributed by atoms with van der Waals surface area (Å²) in [5.41, 5.74) is -0.346. The van der Waals surface area contributed by atoms with Gasteiger partial charge in [0.05, 0.1) is 5.56 Å². The first kappa shape index (κ1) is 20.5. The van der Waals surface area contributed by atoms with Crippen LogP contribution in [0.3, 0.4) is 0 Å². The normalized spacial score (nSPS) is 23.2. The predicted octanol–water partition coefficient (Wildman–Crippen LogP) is 3.24. The van der Waals surface area contributed by atoms with Gasteiger partial charge in [-0.15, -0.1) is 0 Å². The first-order valence-corrected chi connectivity index (χ1v) is 9.83. The highest BCUT2D eigenvalue weighted by atomic mass is 19.4. The molecule has 2 aliphatic rings. The number of nitrogens with one attached hydrogen (secondary N) is 2. The van der Waals surface area contributed by atoms with Gasteiger partial charge in [-0.3, -0.25) is 4.90 Å². The molecule has 2 fully saturated rings. The number of nitrogens with zero attached hydrogens (tertiary/aromatic N) is 2. The number of rotatable bonds is 4. The first-order chi connectivity index (χ1) is 13.4. The fraction of sp³-hybridized carbons (Fsp3) is 0.571. The number of benzene rings is 1. The molecule has 1 saturated carbocycles. The van der Waals surface area contributed by atoms with E-state index in [1.165, 1.54) is 18.9 Å². The monoisotopic (exact) mass is 392 g/mol. The minimum atomic E-state index is -4.36. The predicted molar refractivity (Wildman–Crippen MR) is 105 cm³/mol. The van der Waals surface area contributed by atoms with Gasteiger partial charge >= 0.3 is 6.18 Å². The van der Waals surface area contributed by atoms with Crippen LogP contribution in [0, 0.1) is 11.8 Å². The lowest BCUT2D eigenvalue weighted by molar-refractivity contribution is -0.137. The van der Waals surface area contributed by atoms with Gasteiger partial charge < -0.3 is 10.6 Å². The topological polar surface area (TPSA) is 39.7 Å². The van der Waals surface area contributed by atoms with E-state index < -0.39 is 11.7 Å². The van der Waals surface area contributed by atoms with Crippen LogP contribution in [-0.2, 0) is 6.18 Å². The molecule has 28 heavy (non-hydrogen) atoms. The third-order valence-electron chi connectivity index (χ3n) is 5.06. The Labute approximate surface area is 164 Å². The number of hydrogen-bond acceptors (Lipinski definition) is 2. The van der Waals surface area contributed by atoms with Crippen LogP contribution in [0.25, 0.3) is 0 Å². The zero-order valence-corrected chi connectivity index (χ0v) is 16.3. The zero-order chi connectivity index (χ0) is 20.1. The average molecular weight is 392 g/mol. The maximum absolute atomic E-state index is 12.8. The summed E-state index contributed by atoms with van der Waals surface area (Å²) in [6.07, 6.45) is -0.672. The Morgan fingerprint density at radius 1 is 1.32 bits per heavy atom. The zero-order valence-electron chi connectivity index (χ0n) is 16.3. The van der Waals surface area contributed by atoms with Crippen LogP contribution in [0.4, 0.5) is 13.2 Å². The third kappa shape index (κ3) is 5.65. The number of likely N-dealkylation sites (tertiary alicyclic amines) is 1. The van der Waals surface area contributed by atoms with Crippen molar-refractivity contribution in [2.24, 2.45) is 4.99 Å². The van der Waals surface area contributed by atoms with Crippen LogP contribution in [0.15, 0.2) is 29.3 Å². The molecule has 152 valence electrons. The summed E-state index contributed by atoms with van der Waals surface area (Å²) in [6, 6.07) is 6.73. The van der Waals surface area contributed by atoms with Crippen LogP contribution in [0.1, 0.15) is 44.2 Å². The fourth-order valence-electron chi connectivity index (χ4n) is 3.62. The molecule has 2 unspecified atom stereocenters. The second kappa shape index (κ2) is 8.87. The third-order valence-corrected chi connectivity index (χ3v) is 5.06. The standard InChI is InChI=1S/C21H27F3N4/c1-3-25-20(27-18-12-15(2)28(14-18)19-9-10-19)26-11-5-7-16-6-4-8-17(13-16)21(22,23)24/h4,6,8,13,15,18-19H,3,9-12,14H2,1-2H3,(H2,25,26,27). The van der Waals surface area contributed by atoms with Gasteiger partial charge in [-0.05, 0) is 51.3 Å². The molecule has 1 aromatic carbocycles. The van der Waals surface area contributed by atoms with Crippen molar-refractivity contribution in [3.8, 4) is 11.8 Å². The summed E-state index contributed by atoms with van der Waals surface area (Å²) in [6.45, 7) is 6.25. The molecule has 1 aliphatic carbocycles. The summed E-state index contributed by atoms with van der Waals surface area (Å²) in [4.78, 5) is 7.02. The molecule has 7 heteroatoms. The van der Waals surface area contributed by atoms with Crippen LogP contribution in [0.5, 0.6) is 0 Å². The maximum atomic E-state index is 12.8. The largest absolute Gasteiger partial charge is 0.416 e. The molecule has 1 saturated heterocycles. The minimum absolute atomic E-state index is 0.222. The van der Waals surface area contributed by atoms with Crippen LogP contribution >= 0.6 is 0 Å². The first-order valence-electron chi connectivity index (χ1n) is 9.83. The Balaban J connectivity index is 1.57. The van der Waals surface area contributed by atoms with Crippen molar-refractivity contribution in [2.45, 2.75) is 57.4 Å². The van der Waals surface area contributed by atoms with Gasteiger partial charge in [0, 0.05) is 36.8 Å². The van der Waals surface area contributed by atoms with E-state index in [-0.39, 0.29) is 6.54 Å². The molecule has 1 aromatic rings. The van der Waals surface area contributed by atoms with Crippen molar-refractivity contribution < 1.29 is 13.2 Å². The van der Waals surface area contributed by atoms with Gasteiger partial charge in [0.25, 0.3) is 0 Å². The van der Waals surface area contributed by atoms with E-state index in [0.29, 0.717) is 23.6 Å². The van der Waals surface area contributed by atoms with E-state index >= 15 is 0 Å². The molecule has 0 spiro atoms. The Hall–Kier alpha value is -2.20. The second-order valence-corrected chi connectivity index (χ2v) is 7.43. The lowest BCUT2D eigenvalue weighted by Gasteiger charge is -2.20. The summed E-state index contributed by atoms with van der Waals surface area (Å²) in [5, 5.41) is 6.68. The second-order valence-electron chi connectivity index (χ2n) is 7.43. The summed E-state index contributed by atoms with van der Waals surface area (Å²) >= 11 is 0. The van der Waals surface area contributed by atoms with Crippen LogP contribution in [-0.4, -0.2) is 48.6 Å². The number of halogens is 3. The Kier molecular flexibility index (Phi) is 6.50. The van der Waals surface area contributed by atoms with Crippen molar-refractivity contribution in [2.75, 3.05) is 19.6 Å². The highest BCUT2D eigenvalue weighted by molar-refractivity contribution is 5.80. The molecule has 0 aromatic heterocycles. The quantitative estimate of drug-likeness (QED) is 0.470. The molecule has 1 aliphatic heterocycles. The van der Waals surface area contributed by atoms with E-state index in [9.17, 15) is 13.2 Å². The number of guanidine groups is 1. The fourth-order valence-corrected chi connectivity index (χ4v) is 3.62. The van der Waals surface area contributed by atoms with Gasteiger partial charge in [-0.25, -0.2) is 4.99 Å². The molecule has 4 nitrogen and oxygen atoms in total. The highest BCUT2D eigenvalue weighted by Crippen LogP contribution is 2.33. The van der Waals surface area contributed by atoms with Gasteiger partial charge in [-0.2, -0.15) is 13.2 Å². The molecule has 2 atom stereocenters. The van der Waals surface area contributed by atoms with Crippen molar-refractivity contribution in [1.82, 2.24) is 15.5 Å². The lowest BCUT2D eigenvalue weighted by Crippen LogP contribution is -2.44.